The number of hydrogen-bond donors (Lipinski definition) is 0. The van der Waals surface area contributed by atoms with Crippen LogP contribution in [0.1, 0.15) is 20.3 Å². The van der Waals surface area contributed by atoms with Gasteiger partial charge in [0.1, 0.15) is 5.52 Å². The number of rotatable bonds is 7. The molecule has 5 heteroatoms. The van der Waals surface area contributed by atoms with Crippen LogP contribution < -0.4 is 0 Å². The van der Waals surface area contributed by atoms with Gasteiger partial charge in [0.05, 0.1) is 6.61 Å². The van der Waals surface area contributed by atoms with Crippen LogP contribution >= 0.6 is 23.4 Å². The lowest BCUT2D eigenvalue weighted by Crippen LogP contribution is -2.02. The van der Waals surface area contributed by atoms with Crippen molar-refractivity contribution >= 4 is 34.5 Å². The van der Waals surface area contributed by atoms with Crippen molar-refractivity contribution in [2.75, 3.05) is 19.0 Å². The Kier molecular flexibility index (Phi) is 5.55. The second kappa shape index (κ2) is 7.17. The Morgan fingerprint density at radius 2 is 2.21 bits per heavy atom. The molecule has 0 atom stereocenters. The highest BCUT2D eigenvalue weighted by molar-refractivity contribution is 7.99. The second-order valence-corrected chi connectivity index (χ2v) is 6.22. The van der Waals surface area contributed by atoms with Crippen LogP contribution in [0.15, 0.2) is 27.8 Å². The van der Waals surface area contributed by atoms with Crippen molar-refractivity contribution < 1.29 is 9.15 Å². The highest BCUT2D eigenvalue weighted by Crippen LogP contribution is 2.25. The monoisotopic (exact) mass is 299 g/mol. The Morgan fingerprint density at radius 1 is 1.37 bits per heavy atom. The normalized spacial score (nSPS) is 11.6. The van der Waals surface area contributed by atoms with Crippen LogP contribution in [0.5, 0.6) is 0 Å². The predicted molar refractivity (Wildman–Crippen MR) is 80.0 cm³/mol. The fourth-order valence-electron chi connectivity index (χ4n) is 1.55. The van der Waals surface area contributed by atoms with Crippen LogP contribution in [0.2, 0.25) is 5.02 Å². The molecule has 0 N–H and O–H groups in total. The lowest BCUT2D eigenvalue weighted by molar-refractivity contribution is 0.138. The summed E-state index contributed by atoms with van der Waals surface area (Å²) in [7, 11) is 0. The minimum Gasteiger partial charge on any atom is -0.431 e. The fraction of sp³-hybridized carbons (Fsp3) is 0.500. The number of hydrogen-bond acceptors (Lipinski definition) is 4. The van der Waals surface area contributed by atoms with E-state index >= 15 is 0 Å². The predicted octanol–water partition coefficient (Wildman–Crippen LogP) is 4.64. The largest absolute Gasteiger partial charge is 0.431 e. The molecule has 0 radical (unpaired) electrons. The van der Waals surface area contributed by atoms with Gasteiger partial charge in [0, 0.05) is 17.4 Å². The number of thioether (sulfide) groups is 1. The van der Waals surface area contributed by atoms with Crippen LogP contribution in [-0.4, -0.2) is 24.0 Å². The van der Waals surface area contributed by atoms with E-state index in [2.05, 4.69) is 18.8 Å². The average molecular weight is 300 g/mol. The number of halogens is 1. The van der Waals surface area contributed by atoms with Crippen molar-refractivity contribution in [2.24, 2.45) is 5.92 Å². The van der Waals surface area contributed by atoms with Gasteiger partial charge in [-0.1, -0.05) is 37.2 Å². The molecule has 0 saturated carbocycles. The number of aromatic nitrogens is 1. The Morgan fingerprint density at radius 3 is 3.00 bits per heavy atom. The van der Waals surface area contributed by atoms with Gasteiger partial charge >= 0.3 is 0 Å². The van der Waals surface area contributed by atoms with Gasteiger partial charge in [-0.25, -0.2) is 4.98 Å². The molecule has 0 saturated heterocycles. The van der Waals surface area contributed by atoms with Gasteiger partial charge in [-0.3, -0.25) is 0 Å². The first kappa shape index (κ1) is 14.7. The summed E-state index contributed by atoms with van der Waals surface area (Å²) >= 11 is 7.47. The van der Waals surface area contributed by atoms with Gasteiger partial charge in [-0.2, -0.15) is 0 Å². The molecule has 0 bridgehead atoms. The summed E-state index contributed by atoms with van der Waals surface area (Å²) in [6.45, 7) is 5.93. The molecular weight excluding hydrogens is 282 g/mol. The van der Waals surface area contributed by atoms with Crippen LogP contribution in [-0.2, 0) is 4.74 Å². The number of nitrogens with zero attached hydrogens (tertiary/aromatic N) is 1. The van der Waals surface area contributed by atoms with E-state index in [0.29, 0.717) is 16.2 Å². The summed E-state index contributed by atoms with van der Waals surface area (Å²) in [5.74, 6) is 1.54. The topological polar surface area (TPSA) is 35.3 Å². The van der Waals surface area contributed by atoms with Crippen molar-refractivity contribution in [1.82, 2.24) is 4.98 Å². The Balaban J connectivity index is 1.75. The quantitative estimate of drug-likeness (QED) is 0.551. The molecule has 104 valence electrons. The summed E-state index contributed by atoms with van der Waals surface area (Å²) in [6, 6.07) is 5.45. The Labute approximate surface area is 122 Å². The van der Waals surface area contributed by atoms with Crippen LogP contribution in [0.3, 0.4) is 0 Å². The van der Waals surface area contributed by atoms with E-state index in [4.69, 9.17) is 20.8 Å². The molecule has 2 rings (SSSR count). The molecule has 0 aliphatic rings. The number of oxazole rings is 1. The zero-order valence-electron chi connectivity index (χ0n) is 11.2. The van der Waals surface area contributed by atoms with E-state index in [1.165, 1.54) is 0 Å². The first-order valence-corrected chi connectivity index (χ1v) is 7.78. The summed E-state index contributed by atoms with van der Waals surface area (Å²) < 4.78 is 11.2. The molecular formula is C14H18ClNO2S. The molecule has 2 aromatic rings. The van der Waals surface area contributed by atoms with E-state index < -0.39 is 0 Å². The molecule has 0 fully saturated rings. The van der Waals surface area contributed by atoms with Crippen molar-refractivity contribution in [1.29, 1.82) is 0 Å². The summed E-state index contributed by atoms with van der Waals surface area (Å²) in [5.41, 5.74) is 1.57. The third-order valence-corrected chi connectivity index (χ3v) is 3.65. The van der Waals surface area contributed by atoms with Gasteiger partial charge in [0.15, 0.2) is 5.58 Å². The third-order valence-electron chi connectivity index (χ3n) is 2.62. The van der Waals surface area contributed by atoms with Gasteiger partial charge in [-0.05, 0) is 30.5 Å². The smallest absolute Gasteiger partial charge is 0.256 e. The number of ether oxygens (including phenoxy) is 1. The lowest BCUT2D eigenvalue weighted by Gasteiger charge is -2.04. The minimum atomic E-state index is 0.671. The van der Waals surface area contributed by atoms with Gasteiger partial charge in [0.25, 0.3) is 5.22 Å². The summed E-state index contributed by atoms with van der Waals surface area (Å²) in [5, 5.41) is 1.35. The maximum absolute atomic E-state index is 5.91. The van der Waals surface area contributed by atoms with Gasteiger partial charge in [-0.15, -0.1) is 0 Å². The van der Waals surface area contributed by atoms with E-state index in [1.54, 1.807) is 17.8 Å². The summed E-state index contributed by atoms with van der Waals surface area (Å²) in [4.78, 5) is 4.38. The lowest BCUT2D eigenvalue weighted by atomic mass is 10.1. The molecule has 0 amide bonds. The van der Waals surface area contributed by atoms with Crippen molar-refractivity contribution in [2.45, 2.75) is 25.5 Å². The van der Waals surface area contributed by atoms with E-state index in [-0.39, 0.29) is 0 Å². The van der Waals surface area contributed by atoms with Crippen molar-refractivity contribution in [3.8, 4) is 0 Å². The molecule has 1 aromatic heterocycles. The molecule has 1 heterocycles. The maximum Gasteiger partial charge on any atom is 0.256 e. The zero-order valence-corrected chi connectivity index (χ0v) is 12.8. The zero-order chi connectivity index (χ0) is 13.7. The molecule has 0 spiro atoms. The second-order valence-electron chi connectivity index (χ2n) is 4.74. The van der Waals surface area contributed by atoms with Crippen LogP contribution in [0.25, 0.3) is 11.1 Å². The highest BCUT2D eigenvalue weighted by Gasteiger charge is 2.06. The van der Waals surface area contributed by atoms with Crippen molar-refractivity contribution in [3.63, 3.8) is 0 Å². The standard InChI is InChI=1S/C14H18ClNO2S/c1-10(2)5-6-17-7-8-19-14-16-12-9-11(15)3-4-13(12)18-14/h3-4,9-10H,5-8H2,1-2H3. The number of fused-ring (bicyclic) bond motifs is 1. The molecule has 0 aliphatic heterocycles. The van der Waals surface area contributed by atoms with E-state index in [1.807, 2.05) is 12.1 Å². The molecule has 0 aliphatic carbocycles. The molecule has 0 unspecified atom stereocenters. The molecule has 19 heavy (non-hydrogen) atoms. The van der Waals surface area contributed by atoms with Crippen LogP contribution in [0, 0.1) is 5.92 Å². The van der Waals surface area contributed by atoms with Gasteiger partial charge in [0.2, 0.25) is 0 Å². The first-order chi connectivity index (χ1) is 9.15. The van der Waals surface area contributed by atoms with Crippen molar-refractivity contribution in [3.05, 3.63) is 23.2 Å². The van der Waals surface area contributed by atoms with Crippen LogP contribution in [0.4, 0.5) is 0 Å². The molecule has 3 nitrogen and oxygen atoms in total. The highest BCUT2D eigenvalue weighted by atomic mass is 35.5. The Bertz CT molecular complexity index is 527. The minimum absolute atomic E-state index is 0.671. The maximum atomic E-state index is 5.91. The SMILES string of the molecule is CC(C)CCOCCSc1nc2cc(Cl)ccc2o1. The first-order valence-electron chi connectivity index (χ1n) is 6.42. The number of benzene rings is 1. The third kappa shape index (κ3) is 4.71. The fourth-order valence-corrected chi connectivity index (χ4v) is 2.40. The van der Waals surface area contributed by atoms with E-state index in [9.17, 15) is 0 Å². The Hall–Kier alpha value is -0.710. The van der Waals surface area contributed by atoms with Gasteiger partial charge < -0.3 is 9.15 Å². The van der Waals surface area contributed by atoms with E-state index in [0.717, 1.165) is 36.5 Å². The summed E-state index contributed by atoms with van der Waals surface area (Å²) in [6.07, 6.45) is 1.10. The molecule has 1 aromatic carbocycles. The average Bonchev–Trinajstić information content (AvgIpc) is 2.75.